The first-order valence-corrected chi connectivity index (χ1v) is 4.43. The Morgan fingerprint density at radius 3 is 2.69 bits per heavy atom. The van der Waals surface area contributed by atoms with Crippen LogP contribution < -0.4 is 0 Å². The third kappa shape index (κ3) is 2.62. The Labute approximate surface area is 76.9 Å². The molecule has 3 N–H and O–H groups in total. The van der Waals surface area contributed by atoms with Crippen molar-refractivity contribution in [2.75, 3.05) is 13.2 Å². The summed E-state index contributed by atoms with van der Waals surface area (Å²) in [5.41, 5.74) is 0. The fraction of sp³-hybridized carbons (Fsp3) is 1.00. The number of hydrogen-bond donors (Lipinski definition) is 3. The number of aliphatic hydroxyl groups is 3. The molecule has 0 aliphatic carbocycles. The van der Waals surface area contributed by atoms with E-state index in [-0.39, 0.29) is 13.0 Å². The normalized spacial score (nSPS) is 40.6. The van der Waals surface area contributed by atoms with Crippen molar-refractivity contribution in [1.29, 1.82) is 0 Å². The van der Waals surface area contributed by atoms with Crippen LogP contribution in [0, 0.1) is 0 Å². The van der Waals surface area contributed by atoms with Gasteiger partial charge in [0, 0.05) is 13.0 Å². The molecule has 1 saturated heterocycles. The summed E-state index contributed by atoms with van der Waals surface area (Å²) in [5, 5.41) is 27.5. The molecule has 0 amide bonds. The lowest BCUT2D eigenvalue weighted by molar-refractivity contribution is -0.255. The Morgan fingerprint density at radius 2 is 2.15 bits per heavy atom. The zero-order chi connectivity index (χ0) is 9.84. The van der Waals surface area contributed by atoms with Crippen LogP contribution in [0.2, 0.25) is 0 Å². The summed E-state index contributed by atoms with van der Waals surface area (Å²) in [6, 6.07) is 0. The van der Waals surface area contributed by atoms with Crippen LogP contribution in [0.3, 0.4) is 0 Å². The molecule has 1 rings (SSSR count). The Hall–Kier alpha value is -0.200. The van der Waals surface area contributed by atoms with Gasteiger partial charge >= 0.3 is 0 Å². The quantitative estimate of drug-likeness (QED) is 0.526. The first-order chi connectivity index (χ1) is 6.19. The molecule has 0 bridgehead atoms. The first-order valence-electron chi connectivity index (χ1n) is 4.43. The lowest BCUT2D eigenvalue weighted by Crippen LogP contribution is -2.50. The molecule has 3 unspecified atom stereocenters. The number of hydrogen-bond acceptors (Lipinski definition) is 5. The molecule has 5 heteroatoms. The minimum absolute atomic E-state index is 0.242. The lowest BCUT2D eigenvalue weighted by atomic mass is 10.0. The van der Waals surface area contributed by atoms with Crippen LogP contribution in [-0.4, -0.2) is 53.1 Å². The monoisotopic (exact) mass is 192 g/mol. The van der Waals surface area contributed by atoms with E-state index in [4.69, 9.17) is 14.6 Å². The summed E-state index contributed by atoms with van der Waals surface area (Å²) in [6.07, 6.45) is -2.95. The van der Waals surface area contributed by atoms with Gasteiger partial charge in [0.1, 0.15) is 12.2 Å². The second-order valence-electron chi connectivity index (χ2n) is 3.04. The average molecular weight is 192 g/mol. The maximum Gasteiger partial charge on any atom is 0.160 e. The van der Waals surface area contributed by atoms with Crippen molar-refractivity contribution in [3.05, 3.63) is 0 Å². The fourth-order valence-corrected chi connectivity index (χ4v) is 1.36. The Morgan fingerprint density at radius 1 is 1.46 bits per heavy atom. The first kappa shape index (κ1) is 10.9. The van der Waals surface area contributed by atoms with E-state index in [1.54, 1.807) is 0 Å². The number of aliphatic hydroxyl groups excluding tert-OH is 3. The van der Waals surface area contributed by atoms with Crippen LogP contribution in [0.25, 0.3) is 0 Å². The molecule has 5 nitrogen and oxygen atoms in total. The van der Waals surface area contributed by atoms with Crippen LogP contribution in [0.5, 0.6) is 0 Å². The molecular formula is C8H16O5. The second-order valence-corrected chi connectivity index (χ2v) is 3.04. The molecular weight excluding hydrogens is 176 g/mol. The predicted molar refractivity (Wildman–Crippen MR) is 44.0 cm³/mol. The summed E-state index contributed by atoms with van der Waals surface area (Å²) in [7, 11) is 0. The highest BCUT2D eigenvalue weighted by Gasteiger charge is 2.36. The SMILES string of the molecule is CCOC1C[C@@H](O)C(O)C(CO)O1. The van der Waals surface area contributed by atoms with Gasteiger partial charge in [-0.25, -0.2) is 0 Å². The maximum atomic E-state index is 9.36. The van der Waals surface area contributed by atoms with Crippen molar-refractivity contribution in [3.63, 3.8) is 0 Å². The molecule has 1 heterocycles. The third-order valence-electron chi connectivity index (χ3n) is 2.07. The Balaban J connectivity index is 2.47. The molecule has 0 aromatic heterocycles. The highest BCUT2D eigenvalue weighted by molar-refractivity contribution is 4.82. The van der Waals surface area contributed by atoms with Crippen LogP contribution in [0.4, 0.5) is 0 Å². The molecule has 4 atom stereocenters. The topological polar surface area (TPSA) is 79.2 Å². The predicted octanol–water partition coefficient (Wildman–Crippen LogP) is -1.15. The van der Waals surface area contributed by atoms with E-state index in [0.29, 0.717) is 6.61 Å². The van der Waals surface area contributed by atoms with E-state index in [0.717, 1.165) is 0 Å². The molecule has 0 aromatic rings. The summed E-state index contributed by atoms with van der Waals surface area (Å²) < 4.78 is 10.3. The van der Waals surface area contributed by atoms with Crippen LogP contribution in [0.15, 0.2) is 0 Å². The van der Waals surface area contributed by atoms with E-state index >= 15 is 0 Å². The van der Waals surface area contributed by atoms with Crippen LogP contribution in [0.1, 0.15) is 13.3 Å². The third-order valence-corrected chi connectivity index (χ3v) is 2.07. The van der Waals surface area contributed by atoms with Crippen LogP contribution >= 0.6 is 0 Å². The second kappa shape index (κ2) is 4.88. The van der Waals surface area contributed by atoms with E-state index < -0.39 is 24.6 Å². The zero-order valence-corrected chi connectivity index (χ0v) is 7.59. The summed E-state index contributed by atoms with van der Waals surface area (Å²) in [6.45, 7) is 1.97. The van der Waals surface area contributed by atoms with Crippen molar-refractivity contribution >= 4 is 0 Å². The van der Waals surface area contributed by atoms with E-state index in [1.165, 1.54) is 0 Å². The lowest BCUT2D eigenvalue weighted by Gasteiger charge is -2.35. The molecule has 1 aliphatic rings. The molecule has 0 radical (unpaired) electrons. The number of ether oxygens (including phenoxy) is 2. The van der Waals surface area contributed by atoms with Gasteiger partial charge in [0.25, 0.3) is 0 Å². The van der Waals surface area contributed by atoms with Gasteiger partial charge in [-0.15, -0.1) is 0 Å². The highest BCUT2D eigenvalue weighted by atomic mass is 16.7. The molecule has 0 spiro atoms. The van der Waals surface area contributed by atoms with E-state index in [2.05, 4.69) is 0 Å². The van der Waals surface area contributed by atoms with Crippen molar-refractivity contribution in [2.24, 2.45) is 0 Å². The standard InChI is InChI=1S/C8H16O5/c1-2-12-7-3-5(10)8(11)6(4-9)13-7/h5-11H,2-4H2,1H3/t5-,6?,7?,8?/m1/s1. The van der Waals surface area contributed by atoms with Gasteiger partial charge in [-0.3, -0.25) is 0 Å². The summed E-state index contributed by atoms with van der Waals surface area (Å²) >= 11 is 0. The summed E-state index contributed by atoms with van der Waals surface area (Å²) in [5.74, 6) is 0. The Bertz CT molecular complexity index is 151. The van der Waals surface area contributed by atoms with Gasteiger partial charge < -0.3 is 24.8 Å². The maximum absolute atomic E-state index is 9.36. The fourth-order valence-electron chi connectivity index (χ4n) is 1.36. The van der Waals surface area contributed by atoms with Crippen molar-refractivity contribution in [2.45, 2.75) is 37.9 Å². The van der Waals surface area contributed by atoms with Gasteiger partial charge in [0.05, 0.1) is 12.7 Å². The van der Waals surface area contributed by atoms with E-state index in [9.17, 15) is 10.2 Å². The van der Waals surface area contributed by atoms with Crippen LogP contribution in [-0.2, 0) is 9.47 Å². The molecule has 0 aromatic carbocycles. The molecule has 1 fully saturated rings. The molecule has 78 valence electrons. The molecule has 1 aliphatic heterocycles. The Kier molecular flexibility index (Phi) is 4.08. The van der Waals surface area contributed by atoms with Gasteiger partial charge in [0.15, 0.2) is 6.29 Å². The van der Waals surface area contributed by atoms with Gasteiger partial charge in [-0.1, -0.05) is 0 Å². The van der Waals surface area contributed by atoms with Gasteiger partial charge in [-0.05, 0) is 6.92 Å². The highest BCUT2D eigenvalue weighted by Crippen LogP contribution is 2.20. The van der Waals surface area contributed by atoms with Gasteiger partial charge in [-0.2, -0.15) is 0 Å². The number of rotatable bonds is 3. The van der Waals surface area contributed by atoms with Gasteiger partial charge in [0.2, 0.25) is 0 Å². The average Bonchev–Trinajstić information content (AvgIpc) is 2.11. The summed E-state index contributed by atoms with van der Waals surface area (Å²) in [4.78, 5) is 0. The smallest absolute Gasteiger partial charge is 0.160 e. The molecule has 13 heavy (non-hydrogen) atoms. The van der Waals surface area contributed by atoms with E-state index in [1.807, 2.05) is 6.92 Å². The minimum Gasteiger partial charge on any atom is -0.394 e. The van der Waals surface area contributed by atoms with Crippen molar-refractivity contribution in [3.8, 4) is 0 Å². The van der Waals surface area contributed by atoms with Crippen molar-refractivity contribution in [1.82, 2.24) is 0 Å². The largest absolute Gasteiger partial charge is 0.394 e. The minimum atomic E-state index is -1.03. The van der Waals surface area contributed by atoms with Crippen molar-refractivity contribution < 1.29 is 24.8 Å². The zero-order valence-electron chi connectivity index (χ0n) is 7.59. The molecule has 0 saturated carbocycles.